The fourth-order valence-corrected chi connectivity index (χ4v) is 2.44. The zero-order chi connectivity index (χ0) is 15.8. The second-order valence-electron chi connectivity index (χ2n) is 5.21. The van der Waals surface area contributed by atoms with Gasteiger partial charge in [0.05, 0.1) is 6.61 Å². The van der Waals surface area contributed by atoms with Crippen molar-refractivity contribution in [3.8, 4) is 0 Å². The second kappa shape index (κ2) is 8.85. The van der Waals surface area contributed by atoms with E-state index in [1.807, 2.05) is 18.2 Å². The molecular formula is C16H22BrNO3. The van der Waals surface area contributed by atoms with E-state index in [2.05, 4.69) is 34.7 Å². The van der Waals surface area contributed by atoms with E-state index in [1.165, 1.54) is 0 Å². The van der Waals surface area contributed by atoms with E-state index < -0.39 is 5.97 Å². The van der Waals surface area contributed by atoms with Crippen molar-refractivity contribution in [2.45, 2.75) is 13.8 Å². The van der Waals surface area contributed by atoms with Crippen molar-refractivity contribution in [1.82, 2.24) is 0 Å². The molecule has 0 aliphatic carbocycles. The van der Waals surface area contributed by atoms with E-state index in [1.54, 1.807) is 13.2 Å². The Hall–Kier alpha value is -1.33. The molecule has 0 aromatic heterocycles. The van der Waals surface area contributed by atoms with Crippen LogP contribution in [-0.4, -0.2) is 37.9 Å². The molecule has 0 heterocycles. The average molecular weight is 356 g/mol. The van der Waals surface area contributed by atoms with E-state index in [-0.39, 0.29) is 0 Å². The first-order chi connectivity index (χ1) is 9.93. The van der Waals surface area contributed by atoms with Crippen LogP contribution in [0.1, 0.15) is 19.4 Å². The molecule has 0 saturated heterocycles. The van der Waals surface area contributed by atoms with Crippen molar-refractivity contribution in [1.29, 1.82) is 0 Å². The van der Waals surface area contributed by atoms with Crippen LogP contribution in [0.15, 0.2) is 28.7 Å². The molecule has 0 bridgehead atoms. The predicted molar refractivity (Wildman–Crippen MR) is 89.7 cm³/mol. The van der Waals surface area contributed by atoms with Crippen LogP contribution in [0.4, 0.5) is 5.69 Å². The molecule has 21 heavy (non-hydrogen) atoms. The molecule has 0 unspecified atom stereocenters. The summed E-state index contributed by atoms with van der Waals surface area (Å²) in [5.41, 5.74) is 1.89. The summed E-state index contributed by atoms with van der Waals surface area (Å²) >= 11 is 3.43. The fraction of sp³-hybridized carbons (Fsp3) is 0.438. The Bertz CT molecular complexity index is 500. The van der Waals surface area contributed by atoms with Gasteiger partial charge in [-0.15, -0.1) is 0 Å². The lowest BCUT2D eigenvalue weighted by molar-refractivity contribution is -0.131. The van der Waals surface area contributed by atoms with Gasteiger partial charge in [-0.3, -0.25) is 0 Å². The SMILES string of the molecule is COCCN(CC(C)C)c1ccc(Br)cc1/C=C/C(=O)O. The van der Waals surface area contributed by atoms with Crippen LogP contribution >= 0.6 is 15.9 Å². The van der Waals surface area contributed by atoms with Gasteiger partial charge in [0.1, 0.15) is 0 Å². The van der Waals surface area contributed by atoms with E-state index in [0.717, 1.165) is 34.9 Å². The number of nitrogens with zero attached hydrogens (tertiary/aromatic N) is 1. The number of methoxy groups -OCH3 is 1. The summed E-state index contributed by atoms with van der Waals surface area (Å²) in [6.07, 6.45) is 2.79. The molecule has 0 amide bonds. The molecule has 0 aliphatic rings. The van der Waals surface area contributed by atoms with Crippen molar-refractivity contribution in [3.63, 3.8) is 0 Å². The molecule has 1 aromatic carbocycles. The third-order valence-corrected chi connectivity index (χ3v) is 3.38. The molecule has 0 saturated carbocycles. The molecule has 0 radical (unpaired) electrons. The van der Waals surface area contributed by atoms with E-state index in [0.29, 0.717) is 12.5 Å². The number of rotatable bonds is 8. The topological polar surface area (TPSA) is 49.8 Å². The Morgan fingerprint density at radius 1 is 1.48 bits per heavy atom. The Balaban J connectivity index is 3.12. The molecule has 0 atom stereocenters. The largest absolute Gasteiger partial charge is 0.478 e. The standard InChI is InChI=1S/C16H22BrNO3/c1-12(2)11-18(8-9-21-3)15-6-5-14(17)10-13(15)4-7-16(19)20/h4-7,10,12H,8-9,11H2,1-3H3,(H,19,20)/b7-4+. The smallest absolute Gasteiger partial charge is 0.328 e. The molecular weight excluding hydrogens is 334 g/mol. The minimum atomic E-state index is -0.951. The lowest BCUT2D eigenvalue weighted by atomic mass is 10.1. The van der Waals surface area contributed by atoms with Gasteiger partial charge in [-0.05, 0) is 35.8 Å². The Kier molecular flexibility index (Phi) is 7.47. The van der Waals surface area contributed by atoms with Gasteiger partial charge >= 0.3 is 5.97 Å². The van der Waals surface area contributed by atoms with Crippen molar-refractivity contribution < 1.29 is 14.6 Å². The highest BCUT2D eigenvalue weighted by Gasteiger charge is 2.12. The summed E-state index contributed by atoms with van der Waals surface area (Å²) in [4.78, 5) is 13.0. The Morgan fingerprint density at radius 3 is 2.76 bits per heavy atom. The van der Waals surface area contributed by atoms with Gasteiger partial charge in [0.25, 0.3) is 0 Å². The van der Waals surface area contributed by atoms with Gasteiger partial charge in [-0.1, -0.05) is 29.8 Å². The zero-order valence-electron chi connectivity index (χ0n) is 12.7. The fourth-order valence-electron chi connectivity index (χ4n) is 2.06. The first-order valence-corrected chi connectivity index (χ1v) is 7.67. The first-order valence-electron chi connectivity index (χ1n) is 6.88. The lowest BCUT2D eigenvalue weighted by Gasteiger charge is -2.28. The number of carboxylic acids is 1. The molecule has 116 valence electrons. The molecule has 0 aliphatic heterocycles. The highest BCUT2D eigenvalue weighted by molar-refractivity contribution is 9.10. The molecule has 0 fully saturated rings. The Labute approximate surface area is 134 Å². The predicted octanol–water partition coefficient (Wildman–Crippen LogP) is 3.66. The number of anilines is 1. The maximum atomic E-state index is 10.8. The van der Waals surface area contributed by atoms with Gasteiger partial charge < -0.3 is 14.7 Å². The second-order valence-corrected chi connectivity index (χ2v) is 6.12. The molecule has 1 N–H and O–H groups in total. The first kappa shape index (κ1) is 17.7. The van der Waals surface area contributed by atoms with Gasteiger partial charge in [0.15, 0.2) is 0 Å². The van der Waals surface area contributed by atoms with E-state index in [4.69, 9.17) is 9.84 Å². The molecule has 1 aromatic rings. The van der Waals surface area contributed by atoms with Crippen molar-refractivity contribution >= 4 is 33.7 Å². The summed E-state index contributed by atoms with van der Waals surface area (Å²) in [6, 6.07) is 5.89. The van der Waals surface area contributed by atoms with Crippen LogP contribution in [0.5, 0.6) is 0 Å². The van der Waals surface area contributed by atoms with Gasteiger partial charge in [-0.25, -0.2) is 4.79 Å². The van der Waals surface area contributed by atoms with Crippen LogP contribution in [0, 0.1) is 5.92 Å². The molecule has 4 nitrogen and oxygen atoms in total. The van der Waals surface area contributed by atoms with E-state index >= 15 is 0 Å². The summed E-state index contributed by atoms with van der Waals surface area (Å²) in [5.74, 6) is -0.449. The number of benzene rings is 1. The zero-order valence-corrected chi connectivity index (χ0v) is 14.3. The van der Waals surface area contributed by atoms with Crippen molar-refractivity contribution in [3.05, 3.63) is 34.3 Å². The molecule has 1 rings (SSSR count). The van der Waals surface area contributed by atoms with Crippen LogP contribution in [0.2, 0.25) is 0 Å². The number of halogens is 1. The number of aliphatic carboxylic acids is 1. The molecule has 5 heteroatoms. The summed E-state index contributed by atoms with van der Waals surface area (Å²) in [7, 11) is 1.68. The number of carbonyl (C=O) groups is 1. The summed E-state index contributed by atoms with van der Waals surface area (Å²) < 4.78 is 6.10. The quantitative estimate of drug-likeness (QED) is 0.723. The van der Waals surface area contributed by atoms with Crippen LogP contribution in [-0.2, 0) is 9.53 Å². The number of hydrogen-bond acceptors (Lipinski definition) is 3. The summed E-state index contributed by atoms with van der Waals surface area (Å²) in [6.45, 7) is 6.60. The third-order valence-electron chi connectivity index (χ3n) is 2.89. The van der Waals surface area contributed by atoms with Crippen molar-refractivity contribution in [2.24, 2.45) is 5.92 Å². The number of ether oxygens (including phenoxy) is 1. The normalized spacial score (nSPS) is 11.3. The lowest BCUT2D eigenvalue weighted by Crippen LogP contribution is -2.31. The van der Waals surface area contributed by atoms with Crippen LogP contribution < -0.4 is 4.90 Å². The van der Waals surface area contributed by atoms with Gasteiger partial charge in [0, 0.05) is 36.4 Å². The molecule has 0 spiro atoms. The third kappa shape index (κ3) is 6.31. The van der Waals surface area contributed by atoms with Crippen LogP contribution in [0.25, 0.3) is 6.08 Å². The average Bonchev–Trinajstić information content (AvgIpc) is 2.41. The van der Waals surface area contributed by atoms with Gasteiger partial charge in [-0.2, -0.15) is 0 Å². The van der Waals surface area contributed by atoms with Gasteiger partial charge in [0.2, 0.25) is 0 Å². The highest BCUT2D eigenvalue weighted by Crippen LogP contribution is 2.26. The van der Waals surface area contributed by atoms with E-state index in [9.17, 15) is 4.79 Å². The highest BCUT2D eigenvalue weighted by atomic mass is 79.9. The monoisotopic (exact) mass is 355 g/mol. The summed E-state index contributed by atoms with van der Waals surface area (Å²) in [5, 5.41) is 8.83. The maximum absolute atomic E-state index is 10.8. The maximum Gasteiger partial charge on any atom is 0.328 e. The van der Waals surface area contributed by atoms with Crippen LogP contribution in [0.3, 0.4) is 0 Å². The minimum absolute atomic E-state index is 0.502. The number of carboxylic acid groups (broad SMARTS) is 1. The Morgan fingerprint density at radius 2 is 2.19 bits per heavy atom. The number of hydrogen-bond donors (Lipinski definition) is 1. The minimum Gasteiger partial charge on any atom is -0.478 e. The van der Waals surface area contributed by atoms with Crippen molar-refractivity contribution in [2.75, 3.05) is 31.7 Å².